The molecule has 0 saturated carbocycles. The van der Waals surface area contributed by atoms with Crippen LogP contribution in [0.25, 0.3) is 0 Å². The second-order valence-corrected chi connectivity index (χ2v) is 6.05. The van der Waals surface area contributed by atoms with Crippen molar-refractivity contribution in [3.63, 3.8) is 0 Å². The van der Waals surface area contributed by atoms with Crippen LogP contribution in [0.5, 0.6) is 0 Å². The zero-order chi connectivity index (χ0) is 14.4. The molecule has 1 saturated heterocycles. The molecule has 0 unspecified atom stereocenters. The lowest BCUT2D eigenvalue weighted by Crippen LogP contribution is -2.36. The number of hydrogen-bond acceptors (Lipinski definition) is 2. The van der Waals surface area contributed by atoms with Crippen molar-refractivity contribution in [3.05, 3.63) is 34.9 Å². The molecule has 1 aliphatic heterocycles. The van der Waals surface area contributed by atoms with E-state index in [1.165, 1.54) is 12.8 Å². The molecule has 1 N–H and O–H groups in total. The highest BCUT2D eigenvalue weighted by Crippen LogP contribution is 2.16. The molecule has 0 aliphatic carbocycles. The highest BCUT2D eigenvalue weighted by molar-refractivity contribution is 6.31. The molecule has 1 heterocycles. The van der Waals surface area contributed by atoms with Crippen LogP contribution < -0.4 is 5.32 Å². The van der Waals surface area contributed by atoms with E-state index in [9.17, 15) is 4.79 Å². The molecule has 0 aromatic heterocycles. The molecule has 4 heteroatoms. The van der Waals surface area contributed by atoms with E-state index in [0.717, 1.165) is 31.1 Å². The fourth-order valence-electron chi connectivity index (χ4n) is 2.47. The van der Waals surface area contributed by atoms with Gasteiger partial charge in [-0.2, -0.15) is 0 Å². The molecular formula is C16H23ClN2O. The molecule has 20 heavy (non-hydrogen) atoms. The Labute approximate surface area is 126 Å². The van der Waals surface area contributed by atoms with Gasteiger partial charge in [-0.05, 0) is 43.5 Å². The van der Waals surface area contributed by atoms with Gasteiger partial charge in [0.1, 0.15) is 0 Å². The first-order valence-corrected chi connectivity index (χ1v) is 7.75. The van der Waals surface area contributed by atoms with E-state index in [4.69, 9.17) is 11.6 Å². The Kier molecular flexibility index (Phi) is 5.86. The number of nitrogens with zero attached hydrogens (tertiary/aromatic N) is 1. The van der Waals surface area contributed by atoms with Gasteiger partial charge in [0.2, 0.25) is 5.91 Å². The standard InChI is InChI=1S/C16H23ClN2O/c1-13-6-9-19(10-7-13)11-8-16(20)18-12-14-4-2-3-5-15(14)17/h2-5,13H,6-12H2,1H3,(H,18,20). The first kappa shape index (κ1) is 15.3. The van der Waals surface area contributed by atoms with Gasteiger partial charge in [0, 0.05) is 24.5 Å². The van der Waals surface area contributed by atoms with Gasteiger partial charge in [-0.15, -0.1) is 0 Å². The van der Waals surface area contributed by atoms with Crippen molar-refractivity contribution in [2.45, 2.75) is 32.7 Å². The Morgan fingerprint density at radius 1 is 1.35 bits per heavy atom. The SMILES string of the molecule is CC1CCN(CCC(=O)NCc2ccccc2Cl)CC1. The number of amides is 1. The molecule has 1 amide bonds. The summed E-state index contributed by atoms with van der Waals surface area (Å²) in [5, 5.41) is 3.64. The van der Waals surface area contributed by atoms with Crippen molar-refractivity contribution in [3.8, 4) is 0 Å². The van der Waals surface area contributed by atoms with Crippen LogP contribution in [-0.2, 0) is 11.3 Å². The summed E-state index contributed by atoms with van der Waals surface area (Å²) in [7, 11) is 0. The van der Waals surface area contributed by atoms with Crippen LogP contribution >= 0.6 is 11.6 Å². The van der Waals surface area contributed by atoms with E-state index in [1.54, 1.807) is 0 Å². The fourth-order valence-corrected chi connectivity index (χ4v) is 2.67. The third-order valence-electron chi connectivity index (χ3n) is 3.97. The largest absolute Gasteiger partial charge is 0.352 e. The summed E-state index contributed by atoms with van der Waals surface area (Å²) in [5.74, 6) is 0.934. The van der Waals surface area contributed by atoms with Crippen molar-refractivity contribution >= 4 is 17.5 Å². The predicted molar refractivity (Wildman–Crippen MR) is 82.8 cm³/mol. The number of hydrogen-bond donors (Lipinski definition) is 1. The fraction of sp³-hybridized carbons (Fsp3) is 0.562. The van der Waals surface area contributed by atoms with Crippen LogP contribution in [0.2, 0.25) is 5.02 Å². The Morgan fingerprint density at radius 2 is 2.05 bits per heavy atom. The normalized spacial score (nSPS) is 17.1. The third kappa shape index (κ3) is 4.80. The van der Waals surface area contributed by atoms with Gasteiger partial charge in [0.25, 0.3) is 0 Å². The van der Waals surface area contributed by atoms with Crippen molar-refractivity contribution in [2.24, 2.45) is 5.92 Å². The van der Waals surface area contributed by atoms with Crippen molar-refractivity contribution in [1.82, 2.24) is 10.2 Å². The summed E-state index contributed by atoms with van der Waals surface area (Å²) < 4.78 is 0. The summed E-state index contributed by atoms with van der Waals surface area (Å²) in [6.07, 6.45) is 3.07. The van der Waals surface area contributed by atoms with Gasteiger partial charge in [0.15, 0.2) is 0 Å². The van der Waals surface area contributed by atoms with Gasteiger partial charge >= 0.3 is 0 Å². The maximum Gasteiger partial charge on any atom is 0.221 e. The van der Waals surface area contributed by atoms with Crippen LogP contribution in [-0.4, -0.2) is 30.4 Å². The van der Waals surface area contributed by atoms with E-state index >= 15 is 0 Å². The van der Waals surface area contributed by atoms with E-state index in [2.05, 4.69) is 17.1 Å². The Bertz CT molecular complexity index is 442. The smallest absolute Gasteiger partial charge is 0.221 e. The van der Waals surface area contributed by atoms with Gasteiger partial charge < -0.3 is 10.2 Å². The van der Waals surface area contributed by atoms with Gasteiger partial charge in [-0.25, -0.2) is 0 Å². The lowest BCUT2D eigenvalue weighted by atomic mass is 9.99. The van der Waals surface area contributed by atoms with E-state index < -0.39 is 0 Å². The van der Waals surface area contributed by atoms with Crippen molar-refractivity contribution in [1.29, 1.82) is 0 Å². The van der Waals surface area contributed by atoms with Crippen LogP contribution in [0.4, 0.5) is 0 Å². The third-order valence-corrected chi connectivity index (χ3v) is 4.33. The molecular weight excluding hydrogens is 272 g/mol. The molecule has 0 atom stereocenters. The van der Waals surface area contributed by atoms with E-state index in [-0.39, 0.29) is 5.91 Å². The Balaban J connectivity index is 1.67. The van der Waals surface area contributed by atoms with Crippen LogP contribution in [0.3, 0.4) is 0 Å². The summed E-state index contributed by atoms with van der Waals surface area (Å²) in [5.41, 5.74) is 0.967. The molecule has 0 bridgehead atoms. The van der Waals surface area contributed by atoms with E-state index in [1.807, 2.05) is 24.3 Å². The second kappa shape index (κ2) is 7.65. The molecule has 0 radical (unpaired) electrons. The molecule has 1 aromatic carbocycles. The Morgan fingerprint density at radius 3 is 2.75 bits per heavy atom. The van der Waals surface area contributed by atoms with Gasteiger partial charge in [0.05, 0.1) is 0 Å². The summed E-state index contributed by atoms with van der Waals surface area (Å²) in [6, 6.07) is 7.61. The van der Waals surface area contributed by atoms with Gasteiger partial charge in [-0.1, -0.05) is 36.7 Å². The minimum Gasteiger partial charge on any atom is -0.352 e. The number of carbonyl (C=O) groups is 1. The maximum atomic E-state index is 11.9. The summed E-state index contributed by atoms with van der Waals surface area (Å²) in [4.78, 5) is 14.2. The Hall–Kier alpha value is -1.06. The number of nitrogens with one attached hydrogen (secondary N) is 1. The van der Waals surface area contributed by atoms with Crippen LogP contribution in [0.1, 0.15) is 31.7 Å². The number of carbonyl (C=O) groups excluding carboxylic acids is 1. The van der Waals surface area contributed by atoms with E-state index in [0.29, 0.717) is 18.0 Å². The molecule has 1 aliphatic rings. The number of halogens is 1. The number of benzene rings is 1. The highest BCUT2D eigenvalue weighted by atomic mass is 35.5. The minimum atomic E-state index is 0.101. The maximum absolute atomic E-state index is 11.9. The van der Waals surface area contributed by atoms with Gasteiger partial charge in [-0.3, -0.25) is 4.79 Å². The van der Waals surface area contributed by atoms with Crippen molar-refractivity contribution in [2.75, 3.05) is 19.6 Å². The second-order valence-electron chi connectivity index (χ2n) is 5.64. The monoisotopic (exact) mass is 294 g/mol. The number of rotatable bonds is 5. The molecule has 110 valence electrons. The first-order valence-electron chi connectivity index (χ1n) is 7.37. The quantitative estimate of drug-likeness (QED) is 0.905. The van der Waals surface area contributed by atoms with Crippen LogP contribution in [0, 0.1) is 5.92 Å². The highest BCUT2D eigenvalue weighted by Gasteiger charge is 2.16. The molecule has 2 rings (SSSR count). The number of likely N-dealkylation sites (tertiary alicyclic amines) is 1. The molecule has 1 fully saturated rings. The molecule has 3 nitrogen and oxygen atoms in total. The zero-order valence-electron chi connectivity index (χ0n) is 12.1. The summed E-state index contributed by atoms with van der Waals surface area (Å²) in [6.45, 7) is 5.92. The van der Waals surface area contributed by atoms with Crippen LogP contribution in [0.15, 0.2) is 24.3 Å². The first-order chi connectivity index (χ1) is 9.65. The number of piperidine rings is 1. The average molecular weight is 295 g/mol. The predicted octanol–water partition coefficient (Wildman–Crippen LogP) is 3.08. The zero-order valence-corrected chi connectivity index (χ0v) is 12.8. The topological polar surface area (TPSA) is 32.3 Å². The molecule has 1 aromatic rings. The molecule has 0 spiro atoms. The lowest BCUT2D eigenvalue weighted by Gasteiger charge is -2.29. The van der Waals surface area contributed by atoms with Crippen molar-refractivity contribution < 1.29 is 4.79 Å². The average Bonchev–Trinajstić information content (AvgIpc) is 2.46. The lowest BCUT2D eigenvalue weighted by molar-refractivity contribution is -0.121. The summed E-state index contributed by atoms with van der Waals surface area (Å²) >= 11 is 6.06. The minimum absolute atomic E-state index is 0.101.